The Labute approximate surface area is 87.1 Å². The van der Waals surface area contributed by atoms with Crippen LogP contribution in [0.25, 0.3) is 10.9 Å². The van der Waals surface area contributed by atoms with E-state index in [0.29, 0.717) is 11.3 Å². The molecule has 1 aromatic heterocycles. The van der Waals surface area contributed by atoms with Crippen molar-refractivity contribution in [1.82, 2.24) is 9.97 Å². The molecule has 15 heavy (non-hydrogen) atoms. The maximum Gasteiger partial charge on any atom is 0.220 e. The normalized spacial score (nSPS) is 9.87. The number of hydrogen-bond acceptors (Lipinski definition) is 4. The zero-order valence-electron chi connectivity index (χ0n) is 8.19. The van der Waals surface area contributed by atoms with E-state index in [0.717, 1.165) is 10.9 Å². The lowest BCUT2D eigenvalue weighted by Crippen LogP contribution is -1.95. The molecule has 0 bridgehead atoms. The molecule has 0 saturated carbocycles. The van der Waals surface area contributed by atoms with Crippen molar-refractivity contribution >= 4 is 16.9 Å². The molecule has 2 aromatic rings. The van der Waals surface area contributed by atoms with Crippen molar-refractivity contribution in [3.8, 4) is 18.1 Å². The van der Waals surface area contributed by atoms with E-state index in [4.69, 9.17) is 16.9 Å². The first kappa shape index (κ1) is 9.28. The van der Waals surface area contributed by atoms with Gasteiger partial charge in [-0.2, -0.15) is 0 Å². The molecule has 0 aliphatic carbocycles. The van der Waals surface area contributed by atoms with Crippen LogP contribution < -0.4 is 10.5 Å². The van der Waals surface area contributed by atoms with E-state index in [9.17, 15) is 0 Å². The second-order valence-electron chi connectivity index (χ2n) is 2.98. The Morgan fingerprint density at radius 3 is 2.93 bits per heavy atom. The number of hydrogen-bond donors (Lipinski definition) is 1. The van der Waals surface area contributed by atoms with Gasteiger partial charge in [0.25, 0.3) is 0 Å². The standard InChI is InChI=1S/C11H9N3O/c1-3-7-4-8-6-13-11(12)14-9(8)5-10(7)15-2/h1,4-6H,2H3,(H2,12,13,14). The highest BCUT2D eigenvalue weighted by Gasteiger charge is 2.04. The van der Waals surface area contributed by atoms with Gasteiger partial charge in [0.05, 0.1) is 18.2 Å². The number of anilines is 1. The van der Waals surface area contributed by atoms with Gasteiger partial charge in [-0.15, -0.1) is 6.42 Å². The molecule has 0 amide bonds. The maximum absolute atomic E-state index is 5.48. The van der Waals surface area contributed by atoms with Crippen LogP contribution in [0, 0.1) is 12.3 Å². The highest BCUT2D eigenvalue weighted by atomic mass is 16.5. The summed E-state index contributed by atoms with van der Waals surface area (Å²) in [5, 5.41) is 0.845. The fourth-order valence-corrected chi connectivity index (χ4v) is 1.36. The number of rotatable bonds is 1. The van der Waals surface area contributed by atoms with E-state index in [1.54, 1.807) is 25.4 Å². The van der Waals surface area contributed by atoms with Crippen LogP contribution in [0.2, 0.25) is 0 Å². The number of ether oxygens (including phenoxy) is 1. The van der Waals surface area contributed by atoms with Crippen molar-refractivity contribution in [3.05, 3.63) is 23.9 Å². The van der Waals surface area contributed by atoms with Crippen LogP contribution in [0.1, 0.15) is 5.56 Å². The SMILES string of the molecule is C#Cc1cc2cnc(N)nc2cc1OC. The van der Waals surface area contributed by atoms with Crippen molar-refractivity contribution < 1.29 is 4.74 Å². The molecule has 0 radical (unpaired) electrons. The highest BCUT2D eigenvalue weighted by Crippen LogP contribution is 2.23. The molecule has 0 aliphatic rings. The minimum atomic E-state index is 0.234. The van der Waals surface area contributed by atoms with Gasteiger partial charge in [0.1, 0.15) is 5.75 Å². The number of nitrogen functional groups attached to an aromatic ring is 1. The average Bonchev–Trinajstić information content (AvgIpc) is 2.27. The Balaban J connectivity index is 2.77. The second kappa shape index (κ2) is 3.46. The molecule has 0 unspecified atom stereocenters. The van der Waals surface area contributed by atoms with Gasteiger partial charge in [-0.3, -0.25) is 0 Å². The number of nitrogens with two attached hydrogens (primary N) is 1. The fraction of sp³-hybridized carbons (Fsp3) is 0.0909. The lowest BCUT2D eigenvalue weighted by molar-refractivity contribution is 0.414. The van der Waals surface area contributed by atoms with E-state index in [1.165, 1.54) is 0 Å². The number of methoxy groups -OCH3 is 1. The third kappa shape index (κ3) is 1.55. The van der Waals surface area contributed by atoms with Crippen molar-refractivity contribution in [2.45, 2.75) is 0 Å². The number of nitrogens with zero attached hydrogens (tertiary/aromatic N) is 2. The largest absolute Gasteiger partial charge is 0.495 e. The molecular formula is C11H9N3O. The Morgan fingerprint density at radius 2 is 2.27 bits per heavy atom. The average molecular weight is 199 g/mol. The lowest BCUT2D eigenvalue weighted by atomic mass is 10.1. The van der Waals surface area contributed by atoms with Gasteiger partial charge in [0.15, 0.2) is 0 Å². The molecule has 0 fully saturated rings. The Morgan fingerprint density at radius 1 is 1.47 bits per heavy atom. The molecule has 1 heterocycles. The summed E-state index contributed by atoms with van der Waals surface area (Å²) in [7, 11) is 1.56. The van der Waals surface area contributed by atoms with Gasteiger partial charge >= 0.3 is 0 Å². The molecule has 0 atom stereocenters. The van der Waals surface area contributed by atoms with Gasteiger partial charge in [-0.1, -0.05) is 5.92 Å². The van der Waals surface area contributed by atoms with E-state index in [1.807, 2.05) is 0 Å². The van der Waals surface area contributed by atoms with Crippen LogP contribution >= 0.6 is 0 Å². The first-order valence-electron chi connectivity index (χ1n) is 4.31. The molecule has 0 spiro atoms. The van der Waals surface area contributed by atoms with Crippen molar-refractivity contribution in [3.63, 3.8) is 0 Å². The minimum Gasteiger partial charge on any atom is -0.495 e. The molecule has 4 heteroatoms. The zero-order chi connectivity index (χ0) is 10.8. The molecule has 0 aliphatic heterocycles. The second-order valence-corrected chi connectivity index (χ2v) is 2.98. The number of aromatic nitrogens is 2. The first-order valence-corrected chi connectivity index (χ1v) is 4.31. The van der Waals surface area contributed by atoms with Gasteiger partial charge in [-0.05, 0) is 6.07 Å². The summed E-state index contributed by atoms with van der Waals surface area (Å²) in [4.78, 5) is 7.97. The van der Waals surface area contributed by atoms with Crippen molar-refractivity contribution in [2.24, 2.45) is 0 Å². The molecule has 2 N–H and O–H groups in total. The van der Waals surface area contributed by atoms with Crippen LogP contribution in [-0.2, 0) is 0 Å². The van der Waals surface area contributed by atoms with Gasteiger partial charge in [0.2, 0.25) is 5.95 Å². The Kier molecular flexibility index (Phi) is 2.14. The van der Waals surface area contributed by atoms with Crippen LogP contribution in [0.15, 0.2) is 18.3 Å². The first-order chi connectivity index (χ1) is 7.24. The van der Waals surface area contributed by atoms with Gasteiger partial charge in [-0.25, -0.2) is 9.97 Å². The van der Waals surface area contributed by atoms with Crippen LogP contribution in [0.3, 0.4) is 0 Å². The molecule has 74 valence electrons. The van der Waals surface area contributed by atoms with Gasteiger partial charge < -0.3 is 10.5 Å². The summed E-state index contributed by atoms with van der Waals surface area (Å²) < 4.78 is 5.14. The number of benzene rings is 1. The zero-order valence-corrected chi connectivity index (χ0v) is 8.19. The van der Waals surface area contributed by atoms with E-state index in [2.05, 4.69) is 15.9 Å². The summed E-state index contributed by atoms with van der Waals surface area (Å²) in [6.45, 7) is 0. The van der Waals surface area contributed by atoms with Gasteiger partial charge in [0, 0.05) is 17.6 Å². The number of terminal acetylenes is 1. The molecule has 1 aromatic carbocycles. The minimum absolute atomic E-state index is 0.234. The van der Waals surface area contributed by atoms with E-state index in [-0.39, 0.29) is 5.95 Å². The quantitative estimate of drug-likeness (QED) is 0.701. The fourth-order valence-electron chi connectivity index (χ4n) is 1.36. The van der Waals surface area contributed by atoms with E-state index < -0.39 is 0 Å². The third-order valence-corrected chi connectivity index (χ3v) is 2.08. The van der Waals surface area contributed by atoms with E-state index >= 15 is 0 Å². The summed E-state index contributed by atoms with van der Waals surface area (Å²) in [5.41, 5.74) is 6.88. The Hall–Kier alpha value is -2.28. The monoisotopic (exact) mass is 199 g/mol. The van der Waals surface area contributed by atoms with Crippen LogP contribution in [0.4, 0.5) is 5.95 Å². The molecular weight excluding hydrogens is 190 g/mol. The summed E-state index contributed by atoms with van der Waals surface area (Å²) in [6, 6.07) is 3.55. The summed E-state index contributed by atoms with van der Waals surface area (Å²) in [6.07, 6.45) is 6.99. The smallest absolute Gasteiger partial charge is 0.220 e. The summed E-state index contributed by atoms with van der Waals surface area (Å²) >= 11 is 0. The topological polar surface area (TPSA) is 61.0 Å². The predicted molar refractivity (Wildman–Crippen MR) is 58.4 cm³/mol. The third-order valence-electron chi connectivity index (χ3n) is 2.08. The lowest BCUT2D eigenvalue weighted by Gasteiger charge is -2.05. The molecule has 2 rings (SSSR count). The number of fused-ring (bicyclic) bond motifs is 1. The molecule has 0 saturated heterocycles. The molecule has 4 nitrogen and oxygen atoms in total. The van der Waals surface area contributed by atoms with Crippen molar-refractivity contribution in [1.29, 1.82) is 0 Å². The highest BCUT2D eigenvalue weighted by molar-refractivity contribution is 5.82. The predicted octanol–water partition coefficient (Wildman–Crippen LogP) is 1.20. The maximum atomic E-state index is 5.48. The van der Waals surface area contributed by atoms with Crippen LogP contribution in [-0.4, -0.2) is 17.1 Å². The Bertz CT molecular complexity index is 557. The van der Waals surface area contributed by atoms with Crippen LogP contribution in [0.5, 0.6) is 5.75 Å². The van der Waals surface area contributed by atoms with Crippen molar-refractivity contribution in [2.75, 3.05) is 12.8 Å². The summed E-state index contributed by atoms with van der Waals surface area (Å²) in [5.74, 6) is 3.39.